The zero-order valence-electron chi connectivity index (χ0n) is 11.0. The first-order valence-electron chi connectivity index (χ1n) is 6.19. The molecular formula is C13H18BrN3OS. The van der Waals surface area contributed by atoms with Gasteiger partial charge in [-0.25, -0.2) is 0 Å². The lowest BCUT2D eigenvalue weighted by Gasteiger charge is -2.37. The Hall–Kier alpha value is -0.880. The molecule has 2 unspecified atom stereocenters. The molecule has 0 aromatic heterocycles. The highest BCUT2D eigenvalue weighted by Gasteiger charge is 2.24. The van der Waals surface area contributed by atoms with Crippen LogP contribution < -0.4 is 10.6 Å². The summed E-state index contributed by atoms with van der Waals surface area (Å²) in [7, 11) is 0. The Morgan fingerprint density at radius 1 is 1.42 bits per heavy atom. The van der Waals surface area contributed by atoms with Crippen LogP contribution in [0, 0.1) is 0 Å². The van der Waals surface area contributed by atoms with E-state index in [1.165, 1.54) is 0 Å². The number of oxime groups is 1. The van der Waals surface area contributed by atoms with Crippen LogP contribution in [-0.2, 0) is 0 Å². The van der Waals surface area contributed by atoms with Crippen LogP contribution in [0.25, 0.3) is 0 Å². The molecule has 1 fully saturated rings. The van der Waals surface area contributed by atoms with Crippen molar-refractivity contribution in [3.8, 4) is 0 Å². The van der Waals surface area contributed by atoms with E-state index in [1.807, 2.05) is 30.0 Å². The van der Waals surface area contributed by atoms with Crippen LogP contribution in [0.4, 0.5) is 5.69 Å². The summed E-state index contributed by atoms with van der Waals surface area (Å²) in [6, 6.07) is 5.90. The number of amidine groups is 1. The fraction of sp³-hybridized carbons (Fsp3) is 0.462. The number of nitrogens with two attached hydrogens (primary N) is 1. The van der Waals surface area contributed by atoms with Gasteiger partial charge >= 0.3 is 0 Å². The molecule has 4 nitrogen and oxygen atoms in total. The number of halogens is 1. The maximum absolute atomic E-state index is 8.93. The Labute approximate surface area is 126 Å². The molecule has 1 aromatic rings. The number of hydrogen-bond acceptors (Lipinski definition) is 4. The third-order valence-electron chi connectivity index (χ3n) is 3.10. The zero-order chi connectivity index (χ0) is 14.0. The van der Waals surface area contributed by atoms with Gasteiger partial charge in [-0.1, -0.05) is 34.9 Å². The van der Waals surface area contributed by atoms with Gasteiger partial charge in [0.15, 0.2) is 5.84 Å². The van der Waals surface area contributed by atoms with Crippen molar-refractivity contribution in [2.24, 2.45) is 10.9 Å². The van der Waals surface area contributed by atoms with Crippen molar-refractivity contribution in [1.29, 1.82) is 0 Å². The lowest BCUT2D eigenvalue weighted by Crippen LogP contribution is -2.41. The van der Waals surface area contributed by atoms with E-state index in [2.05, 4.69) is 39.8 Å². The summed E-state index contributed by atoms with van der Waals surface area (Å²) in [4.78, 5) is 2.31. The first-order valence-corrected chi connectivity index (χ1v) is 7.92. The lowest BCUT2D eigenvalue weighted by atomic mass is 10.1. The number of thioether (sulfide) groups is 1. The van der Waals surface area contributed by atoms with Crippen molar-refractivity contribution < 1.29 is 5.21 Å². The quantitative estimate of drug-likeness (QED) is 0.375. The minimum Gasteiger partial charge on any atom is -0.409 e. The predicted octanol–water partition coefficient (Wildman–Crippen LogP) is 2.87. The molecule has 1 aliphatic rings. The van der Waals surface area contributed by atoms with Gasteiger partial charge in [0.25, 0.3) is 0 Å². The summed E-state index contributed by atoms with van der Waals surface area (Å²) < 4.78 is 0.922. The molecule has 0 spiro atoms. The monoisotopic (exact) mass is 343 g/mol. The fourth-order valence-electron chi connectivity index (χ4n) is 2.42. The molecule has 0 amide bonds. The van der Waals surface area contributed by atoms with E-state index < -0.39 is 0 Å². The molecular weight excluding hydrogens is 326 g/mol. The van der Waals surface area contributed by atoms with E-state index in [9.17, 15) is 0 Å². The second-order valence-corrected chi connectivity index (χ2v) is 7.61. The van der Waals surface area contributed by atoms with Gasteiger partial charge in [0.05, 0.1) is 0 Å². The van der Waals surface area contributed by atoms with E-state index in [-0.39, 0.29) is 5.84 Å². The molecule has 3 N–H and O–H groups in total. The fourth-order valence-corrected chi connectivity index (χ4v) is 4.10. The molecule has 0 radical (unpaired) electrons. The molecule has 0 saturated carbocycles. The largest absolute Gasteiger partial charge is 0.409 e. The van der Waals surface area contributed by atoms with E-state index in [1.54, 1.807) is 0 Å². The van der Waals surface area contributed by atoms with Gasteiger partial charge in [0, 0.05) is 39.3 Å². The second-order valence-electron chi connectivity index (χ2n) is 4.81. The van der Waals surface area contributed by atoms with Crippen LogP contribution in [0.2, 0.25) is 0 Å². The van der Waals surface area contributed by atoms with Crippen molar-refractivity contribution in [3.05, 3.63) is 28.2 Å². The molecule has 1 aromatic carbocycles. The van der Waals surface area contributed by atoms with Crippen molar-refractivity contribution in [1.82, 2.24) is 0 Å². The summed E-state index contributed by atoms with van der Waals surface area (Å²) in [5.41, 5.74) is 7.58. The van der Waals surface area contributed by atoms with Crippen molar-refractivity contribution >= 4 is 39.2 Å². The Balaban J connectivity index is 2.38. The predicted molar refractivity (Wildman–Crippen MR) is 85.4 cm³/mol. The highest BCUT2D eigenvalue weighted by atomic mass is 79.9. The van der Waals surface area contributed by atoms with Crippen LogP contribution in [-0.4, -0.2) is 34.6 Å². The third-order valence-corrected chi connectivity index (χ3v) is 4.82. The van der Waals surface area contributed by atoms with Gasteiger partial charge in [-0.05, 0) is 18.2 Å². The van der Waals surface area contributed by atoms with Gasteiger partial charge in [0.1, 0.15) is 0 Å². The molecule has 1 heterocycles. The van der Waals surface area contributed by atoms with E-state index in [0.29, 0.717) is 10.5 Å². The smallest absolute Gasteiger partial charge is 0.172 e. The number of nitrogens with zero attached hydrogens (tertiary/aromatic N) is 2. The Kier molecular flexibility index (Phi) is 4.62. The number of anilines is 1. The van der Waals surface area contributed by atoms with Crippen LogP contribution in [0.15, 0.2) is 27.8 Å². The van der Waals surface area contributed by atoms with Gasteiger partial charge in [-0.3, -0.25) is 0 Å². The third kappa shape index (κ3) is 3.36. The van der Waals surface area contributed by atoms with Gasteiger partial charge < -0.3 is 15.8 Å². The maximum Gasteiger partial charge on any atom is 0.172 e. The van der Waals surface area contributed by atoms with Crippen LogP contribution >= 0.6 is 27.7 Å². The van der Waals surface area contributed by atoms with E-state index in [4.69, 9.17) is 10.9 Å². The topological polar surface area (TPSA) is 61.8 Å². The molecule has 19 heavy (non-hydrogen) atoms. The first-order chi connectivity index (χ1) is 9.01. The van der Waals surface area contributed by atoms with Crippen LogP contribution in [0.1, 0.15) is 19.4 Å². The summed E-state index contributed by atoms with van der Waals surface area (Å²) in [5, 5.41) is 13.2. The summed E-state index contributed by atoms with van der Waals surface area (Å²) in [5.74, 6) is 0.148. The number of hydrogen-bond donors (Lipinski definition) is 2. The summed E-state index contributed by atoms with van der Waals surface area (Å²) >= 11 is 5.43. The highest BCUT2D eigenvalue weighted by Crippen LogP contribution is 2.31. The van der Waals surface area contributed by atoms with Gasteiger partial charge in [0.2, 0.25) is 0 Å². The standard InChI is InChI=1S/C13H18BrN3OS/c1-8-6-17(7-9(2)19-8)12-4-3-10(14)5-11(12)13(15)16-18/h3-5,8-9,18H,6-7H2,1-2H3,(H2,15,16). The zero-order valence-corrected chi connectivity index (χ0v) is 13.4. The second kappa shape index (κ2) is 6.05. The average molecular weight is 344 g/mol. The maximum atomic E-state index is 8.93. The molecule has 2 atom stereocenters. The van der Waals surface area contributed by atoms with E-state index in [0.717, 1.165) is 28.8 Å². The van der Waals surface area contributed by atoms with Crippen LogP contribution in [0.5, 0.6) is 0 Å². The van der Waals surface area contributed by atoms with Crippen LogP contribution in [0.3, 0.4) is 0 Å². The molecule has 2 rings (SSSR count). The minimum absolute atomic E-state index is 0.148. The Morgan fingerprint density at radius 3 is 2.63 bits per heavy atom. The average Bonchev–Trinajstić information content (AvgIpc) is 2.36. The normalized spacial score (nSPS) is 24.6. The lowest BCUT2D eigenvalue weighted by molar-refractivity contribution is 0.318. The molecule has 104 valence electrons. The molecule has 1 saturated heterocycles. The number of rotatable bonds is 2. The summed E-state index contributed by atoms with van der Waals surface area (Å²) in [6.45, 7) is 6.41. The van der Waals surface area contributed by atoms with Gasteiger partial charge in [-0.2, -0.15) is 11.8 Å². The van der Waals surface area contributed by atoms with Gasteiger partial charge in [-0.15, -0.1) is 0 Å². The first kappa shape index (κ1) is 14.5. The van der Waals surface area contributed by atoms with Crippen molar-refractivity contribution in [2.45, 2.75) is 24.3 Å². The van der Waals surface area contributed by atoms with E-state index >= 15 is 0 Å². The Morgan fingerprint density at radius 2 is 2.05 bits per heavy atom. The Bertz CT molecular complexity index is 485. The SMILES string of the molecule is CC1CN(c2ccc(Br)cc2/C(N)=N/O)CC(C)S1. The molecule has 1 aliphatic heterocycles. The minimum atomic E-state index is 0.148. The van der Waals surface area contributed by atoms with Crippen molar-refractivity contribution in [2.75, 3.05) is 18.0 Å². The summed E-state index contributed by atoms with van der Waals surface area (Å²) in [6.07, 6.45) is 0. The molecule has 0 bridgehead atoms. The molecule has 6 heteroatoms. The number of benzene rings is 1. The van der Waals surface area contributed by atoms with Crippen molar-refractivity contribution in [3.63, 3.8) is 0 Å². The molecule has 0 aliphatic carbocycles. The highest BCUT2D eigenvalue weighted by molar-refractivity contribution is 9.10.